The zero-order chi connectivity index (χ0) is 12.6. The maximum atomic E-state index is 11.7. The number of rotatable bonds is 2. The number of sulfone groups is 1. The molecule has 106 valence electrons. The summed E-state index contributed by atoms with van der Waals surface area (Å²) in [6.07, 6.45) is 0. The van der Waals surface area contributed by atoms with E-state index >= 15 is 0 Å². The molecule has 2 unspecified atom stereocenters. The maximum Gasteiger partial charge on any atom is 0.153 e. The molecule has 1 aromatic carbocycles. The number of fused-ring (bicyclic) bond motifs is 1. The Kier molecular flexibility index (Phi) is 4.50. The summed E-state index contributed by atoms with van der Waals surface area (Å²) in [5.74, 6) is 0.598. The highest BCUT2D eigenvalue weighted by Gasteiger charge is 2.42. The standard InChI is InChI=1S/C13H18N2O2S.ClH/c16-18(17)9-12-13(10-18)15(7-6-14-12)8-11-4-2-1-3-5-11;/h1-5,12-14H,6-10H2;1H. The van der Waals surface area contributed by atoms with E-state index in [2.05, 4.69) is 22.3 Å². The van der Waals surface area contributed by atoms with Gasteiger partial charge in [-0.3, -0.25) is 4.90 Å². The topological polar surface area (TPSA) is 49.4 Å². The minimum Gasteiger partial charge on any atom is -0.310 e. The highest BCUT2D eigenvalue weighted by Crippen LogP contribution is 2.22. The van der Waals surface area contributed by atoms with E-state index in [1.807, 2.05) is 18.2 Å². The second-order valence-corrected chi connectivity index (χ2v) is 7.31. The average Bonchev–Trinajstić information content (AvgIpc) is 2.66. The van der Waals surface area contributed by atoms with E-state index in [4.69, 9.17) is 0 Å². The fourth-order valence-corrected chi connectivity index (χ4v) is 4.94. The zero-order valence-corrected chi connectivity index (χ0v) is 12.3. The van der Waals surface area contributed by atoms with Crippen LogP contribution in [0.5, 0.6) is 0 Å². The van der Waals surface area contributed by atoms with Gasteiger partial charge in [-0.15, -0.1) is 12.4 Å². The highest BCUT2D eigenvalue weighted by atomic mass is 35.5. The summed E-state index contributed by atoms with van der Waals surface area (Å²) in [4.78, 5) is 2.31. The van der Waals surface area contributed by atoms with Crippen molar-refractivity contribution >= 4 is 22.2 Å². The number of hydrogen-bond acceptors (Lipinski definition) is 4. The molecule has 0 amide bonds. The molecular formula is C13H19ClN2O2S. The normalized spacial score (nSPS) is 29.5. The van der Waals surface area contributed by atoms with Crippen molar-refractivity contribution in [3.63, 3.8) is 0 Å². The Morgan fingerprint density at radius 3 is 2.68 bits per heavy atom. The van der Waals surface area contributed by atoms with Crippen molar-refractivity contribution in [3.8, 4) is 0 Å². The van der Waals surface area contributed by atoms with E-state index in [9.17, 15) is 8.42 Å². The Morgan fingerprint density at radius 2 is 1.95 bits per heavy atom. The zero-order valence-electron chi connectivity index (χ0n) is 10.7. The van der Waals surface area contributed by atoms with E-state index in [0.717, 1.165) is 19.6 Å². The van der Waals surface area contributed by atoms with Gasteiger partial charge in [0.25, 0.3) is 0 Å². The molecule has 2 saturated heterocycles. The van der Waals surface area contributed by atoms with Gasteiger partial charge >= 0.3 is 0 Å². The van der Waals surface area contributed by atoms with Crippen LogP contribution in [0.2, 0.25) is 0 Å². The van der Waals surface area contributed by atoms with Gasteiger partial charge in [-0.25, -0.2) is 8.42 Å². The SMILES string of the molecule is Cl.O=S1(=O)CC2NCCN(Cc3ccccc3)C2C1. The summed E-state index contributed by atoms with van der Waals surface area (Å²) in [6.45, 7) is 2.65. The molecule has 6 heteroatoms. The molecular weight excluding hydrogens is 284 g/mol. The summed E-state index contributed by atoms with van der Waals surface area (Å²) in [5, 5.41) is 3.33. The van der Waals surface area contributed by atoms with Gasteiger partial charge in [-0.1, -0.05) is 30.3 Å². The average molecular weight is 303 g/mol. The minimum absolute atomic E-state index is 0. The van der Waals surface area contributed by atoms with Crippen LogP contribution in [-0.2, 0) is 16.4 Å². The Labute approximate surface area is 120 Å². The molecule has 3 rings (SSSR count). The van der Waals surface area contributed by atoms with Crippen LogP contribution in [0.15, 0.2) is 30.3 Å². The molecule has 4 nitrogen and oxygen atoms in total. The first kappa shape index (κ1) is 14.8. The first-order chi connectivity index (χ1) is 8.64. The quantitative estimate of drug-likeness (QED) is 0.873. The number of piperazine rings is 1. The van der Waals surface area contributed by atoms with Crippen LogP contribution < -0.4 is 5.32 Å². The summed E-state index contributed by atoms with van der Waals surface area (Å²) < 4.78 is 23.5. The lowest BCUT2D eigenvalue weighted by molar-refractivity contribution is 0.141. The number of nitrogens with one attached hydrogen (secondary N) is 1. The van der Waals surface area contributed by atoms with Crippen LogP contribution in [0.4, 0.5) is 0 Å². The van der Waals surface area contributed by atoms with Crippen LogP contribution >= 0.6 is 12.4 Å². The number of nitrogens with zero attached hydrogens (tertiary/aromatic N) is 1. The third-order valence-electron chi connectivity index (χ3n) is 3.83. The van der Waals surface area contributed by atoms with Gasteiger partial charge in [0.05, 0.1) is 11.5 Å². The molecule has 1 N–H and O–H groups in total. The van der Waals surface area contributed by atoms with Crippen LogP contribution in [-0.4, -0.2) is 50.0 Å². The van der Waals surface area contributed by atoms with Crippen molar-refractivity contribution in [1.82, 2.24) is 10.2 Å². The molecule has 2 aliphatic heterocycles. The molecule has 0 radical (unpaired) electrons. The Bertz CT molecular complexity index is 521. The lowest BCUT2D eigenvalue weighted by atomic mass is 10.1. The van der Waals surface area contributed by atoms with Crippen molar-refractivity contribution < 1.29 is 8.42 Å². The maximum absolute atomic E-state index is 11.7. The molecule has 2 aliphatic rings. The van der Waals surface area contributed by atoms with Crippen molar-refractivity contribution in [1.29, 1.82) is 0 Å². The van der Waals surface area contributed by atoms with Gasteiger partial charge in [0.15, 0.2) is 9.84 Å². The Hall–Kier alpha value is -0.620. The number of benzene rings is 1. The number of halogens is 1. The van der Waals surface area contributed by atoms with E-state index in [0.29, 0.717) is 11.5 Å². The lowest BCUT2D eigenvalue weighted by Gasteiger charge is -2.37. The molecule has 1 aromatic rings. The van der Waals surface area contributed by atoms with Crippen molar-refractivity contribution in [2.45, 2.75) is 18.6 Å². The Morgan fingerprint density at radius 1 is 1.21 bits per heavy atom. The smallest absolute Gasteiger partial charge is 0.153 e. The van der Waals surface area contributed by atoms with Crippen molar-refractivity contribution in [2.24, 2.45) is 0 Å². The number of hydrogen-bond donors (Lipinski definition) is 1. The summed E-state index contributed by atoms with van der Waals surface area (Å²) in [7, 11) is -2.86. The summed E-state index contributed by atoms with van der Waals surface area (Å²) in [6, 6.07) is 10.5. The van der Waals surface area contributed by atoms with E-state index < -0.39 is 9.84 Å². The first-order valence-electron chi connectivity index (χ1n) is 6.36. The largest absolute Gasteiger partial charge is 0.310 e. The predicted molar refractivity (Wildman–Crippen MR) is 78.3 cm³/mol. The Balaban J connectivity index is 0.00000133. The second-order valence-electron chi connectivity index (χ2n) is 5.16. The van der Waals surface area contributed by atoms with Crippen LogP contribution in [0.1, 0.15) is 5.56 Å². The summed E-state index contributed by atoms with van der Waals surface area (Å²) >= 11 is 0. The molecule has 0 spiro atoms. The molecule has 0 aliphatic carbocycles. The third kappa shape index (κ3) is 3.28. The van der Waals surface area contributed by atoms with Gasteiger partial charge in [0.2, 0.25) is 0 Å². The highest BCUT2D eigenvalue weighted by molar-refractivity contribution is 7.91. The van der Waals surface area contributed by atoms with Crippen LogP contribution in [0.25, 0.3) is 0 Å². The predicted octanol–water partition coefficient (Wildman–Crippen LogP) is 0.679. The minimum atomic E-state index is -2.86. The van der Waals surface area contributed by atoms with Crippen LogP contribution in [0, 0.1) is 0 Å². The van der Waals surface area contributed by atoms with Gasteiger partial charge in [0, 0.05) is 31.7 Å². The summed E-state index contributed by atoms with van der Waals surface area (Å²) in [5.41, 5.74) is 1.25. The fourth-order valence-electron chi connectivity index (χ4n) is 2.96. The monoisotopic (exact) mass is 302 g/mol. The van der Waals surface area contributed by atoms with Gasteiger partial charge < -0.3 is 5.32 Å². The van der Waals surface area contributed by atoms with E-state index in [1.54, 1.807) is 0 Å². The van der Waals surface area contributed by atoms with Gasteiger partial charge in [-0.2, -0.15) is 0 Å². The molecule has 2 atom stereocenters. The van der Waals surface area contributed by atoms with Crippen LogP contribution in [0.3, 0.4) is 0 Å². The van der Waals surface area contributed by atoms with Gasteiger partial charge in [-0.05, 0) is 5.56 Å². The molecule has 2 fully saturated rings. The second kappa shape index (κ2) is 5.79. The van der Waals surface area contributed by atoms with Crippen molar-refractivity contribution in [3.05, 3.63) is 35.9 Å². The fraction of sp³-hybridized carbons (Fsp3) is 0.538. The molecule has 0 saturated carbocycles. The lowest BCUT2D eigenvalue weighted by Crippen LogP contribution is -2.56. The molecule has 0 bridgehead atoms. The first-order valence-corrected chi connectivity index (χ1v) is 8.18. The molecule has 19 heavy (non-hydrogen) atoms. The third-order valence-corrected chi connectivity index (χ3v) is 5.54. The molecule has 0 aromatic heterocycles. The van der Waals surface area contributed by atoms with E-state index in [-0.39, 0.29) is 24.5 Å². The molecule has 2 heterocycles. The van der Waals surface area contributed by atoms with Gasteiger partial charge in [0.1, 0.15) is 0 Å². The van der Waals surface area contributed by atoms with E-state index in [1.165, 1.54) is 5.56 Å². The van der Waals surface area contributed by atoms with Crippen molar-refractivity contribution in [2.75, 3.05) is 24.6 Å².